The van der Waals surface area contributed by atoms with Gasteiger partial charge in [-0.25, -0.2) is 0 Å². The number of thioether (sulfide) groups is 1. The molecule has 0 radical (unpaired) electrons. The third kappa shape index (κ3) is 6.67. The molecule has 1 heterocycles. The Hall–Kier alpha value is -1.16. The minimum absolute atomic E-state index is 0.0150. The standard InChI is InChI=1S/C26H42O3S/c1-23(2,3)19-13-17(14-20(22(19)28)24(4,5)6)11-12-21(27)29-18-15-25(7,8)30-26(9,10)16-18/h13-14,18,28H,11-12,15-16H2,1-10H3. The van der Waals surface area contributed by atoms with Crippen LogP contribution in [-0.4, -0.2) is 26.7 Å². The second-order valence-corrected chi connectivity index (χ2v) is 14.6. The molecule has 0 amide bonds. The first kappa shape index (κ1) is 25.1. The highest BCUT2D eigenvalue weighted by molar-refractivity contribution is 8.01. The molecule has 0 saturated carbocycles. The molecule has 1 N–H and O–H groups in total. The van der Waals surface area contributed by atoms with Gasteiger partial charge in [-0.1, -0.05) is 81.4 Å². The average molecular weight is 435 g/mol. The maximum Gasteiger partial charge on any atom is 0.306 e. The number of phenols is 1. The summed E-state index contributed by atoms with van der Waals surface area (Å²) in [5.74, 6) is 0.256. The Labute approximate surface area is 188 Å². The monoisotopic (exact) mass is 434 g/mol. The molecule has 30 heavy (non-hydrogen) atoms. The van der Waals surface area contributed by atoms with E-state index in [0.29, 0.717) is 18.6 Å². The zero-order valence-electron chi connectivity index (χ0n) is 20.7. The molecule has 1 fully saturated rings. The number of hydrogen-bond acceptors (Lipinski definition) is 4. The van der Waals surface area contributed by atoms with E-state index in [1.165, 1.54) is 0 Å². The van der Waals surface area contributed by atoms with Crippen LogP contribution in [0, 0.1) is 0 Å². The summed E-state index contributed by atoms with van der Waals surface area (Å²) in [6.07, 6.45) is 2.77. The van der Waals surface area contributed by atoms with E-state index >= 15 is 0 Å². The lowest BCUT2D eigenvalue weighted by atomic mass is 9.78. The third-order valence-corrected chi connectivity index (χ3v) is 7.13. The number of rotatable bonds is 4. The second-order valence-electron chi connectivity index (χ2n) is 12.2. The van der Waals surface area contributed by atoms with Gasteiger partial charge in [0.2, 0.25) is 0 Å². The Morgan fingerprint density at radius 3 is 1.83 bits per heavy atom. The molecular weight excluding hydrogens is 392 g/mol. The van der Waals surface area contributed by atoms with Gasteiger partial charge in [-0.3, -0.25) is 4.79 Å². The van der Waals surface area contributed by atoms with Crippen LogP contribution in [0.5, 0.6) is 5.75 Å². The Morgan fingerprint density at radius 2 is 1.43 bits per heavy atom. The van der Waals surface area contributed by atoms with Crippen molar-refractivity contribution in [2.24, 2.45) is 0 Å². The van der Waals surface area contributed by atoms with E-state index in [4.69, 9.17) is 4.74 Å². The summed E-state index contributed by atoms with van der Waals surface area (Å²) in [4.78, 5) is 12.7. The number of phenolic OH excluding ortho intramolecular Hbond substituents is 1. The van der Waals surface area contributed by atoms with Crippen molar-refractivity contribution in [2.45, 2.75) is 121 Å². The van der Waals surface area contributed by atoms with Crippen LogP contribution >= 0.6 is 11.8 Å². The Balaban J connectivity index is 2.14. The molecule has 4 heteroatoms. The fourth-order valence-electron chi connectivity index (χ4n) is 4.56. The molecule has 0 aliphatic carbocycles. The molecule has 1 aliphatic rings. The van der Waals surface area contributed by atoms with E-state index in [0.717, 1.165) is 29.5 Å². The summed E-state index contributed by atoms with van der Waals surface area (Å²) < 4.78 is 6.14. The molecule has 1 aromatic rings. The van der Waals surface area contributed by atoms with E-state index in [1.807, 2.05) is 11.8 Å². The molecule has 2 rings (SSSR count). The maximum atomic E-state index is 12.7. The number of carbonyl (C=O) groups excluding carboxylic acids is 1. The first-order valence-corrected chi connectivity index (χ1v) is 12.0. The minimum atomic E-state index is -0.169. The highest BCUT2D eigenvalue weighted by Gasteiger charge is 2.40. The fourth-order valence-corrected chi connectivity index (χ4v) is 6.59. The third-order valence-electron chi connectivity index (χ3n) is 5.69. The minimum Gasteiger partial charge on any atom is -0.507 e. The van der Waals surface area contributed by atoms with Gasteiger partial charge in [0, 0.05) is 15.9 Å². The molecule has 0 spiro atoms. The van der Waals surface area contributed by atoms with Gasteiger partial charge in [-0.15, -0.1) is 11.8 Å². The van der Waals surface area contributed by atoms with E-state index in [-0.39, 0.29) is 32.4 Å². The van der Waals surface area contributed by atoms with E-state index < -0.39 is 0 Å². The van der Waals surface area contributed by atoms with Crippen molar-refractivity contribution in [2.75, 3.05) is 0 Å². The van der Waals surface area contributed by atoms with Crippen molar-refractivity contribution < 1.29 is 14.6 Å². The van der Waals surface area contributed by atoms with Gasteiger partial charge in [0.1, 0.15) is 11.9 Å². The second kappa shape index (κ2) is 8.41. The van der Waals surface area contributed by atoms with Gasteiger partial charge in [0.15, 0.2) is 0 Å². The summed E-state index contributed by atoms with van der Waals surface area (Å²) in [5.41, 5.74) is 2.62. The summed E-state index contributed by atoms with van der Waals surface area (Å²) >= 11 is 1.98. The van der Waals surface area contributed by atoms with Crippen molar-refractivity contribution in [1.29, 1.82) is 0 Å². The van der Waals surface area contributed by atoms with E-state index in [1.54, 1.807) is 0 Å². The highest BCUT2D eigenvalue weighted by Crippen LogP contribution is 2.48. The largest absolute Gasteiger partial charge is 0.507 e. The molecule has 0 aromatic heterocycles. The zero-order valence-corrected chi connectivity index (χ0v) is 21.5. The Kier molecular flexibility index (Phi) is 7.04. The lowest BCUT2D eigenvalue weighted by Gasteiger charge is -2.43. The molecule has 0 unspecified atom stereocenters. The van der Waals surface area contributed by atoms with Crippen LogP contribution in [0.2, 0.25) is 0 Å². The number of aromatic hydroxyl groups is 1. The topological polar surface area (TPSA) is 46.5 Å². The molecule has 1 aromatic carbocycles. The van der Waals surface area contributed by atoms with E-state index in [9.17, 15) is 9.90 Å². The number of hydrogen-bond donors (Lipinski definition) is 1. The van der Waals surface area contributed by atoms with Gasteiger partial charge in [-0.2, -0.15) is 0 Å². The molecule has 1 saturated heterocycles. The van der Waals surface area contributed by atoms with Crippen molar-refractivity contribution in [1.82, 2.24) is 0 Å². The normalized spacial score (nSPS) is 19.5. The van der Waals surface area contributed by atoms with Gasteiger partial charge in [0.25, 0.3) is 0 Å². The van der Waals surface area contributed by atoms with Crippen LogP contribution in [0.1, 0.15) is 105 Å². The van der Waals surface area contributed by atoms with Gasteiger partial charge in [-0.05, 0) is 46.8 Å². The van der Waals surface area contributed by atoms with Crippen molar-refractivity contribution >= 4 is 17.7 Å². The number of aryl methyl sites for hydroxylation is 1. The lowest BCUT2D eigenvalue weighted by Crippen LogP contribution is -2.41. The number of carbonyl (C=O) groups is 1. The smallest absolute Gasteiger partial charge is 0.306 e. The highest BCUT2D eigenvalue weighted by atomic mass is 32.2. The average Bonchev–Trinajstić information content (AvgIpc) is 2.48. The lowest BCUT2D eigenvalue weighted by molar-refractivity contribution is -0.150. The Bertz CT molecular complexity index is 727. The summed E-state index contributed by atoms with van der Waals surface area (Å²) in [6.45, 7) is 21.6. The van der Waals surface area contributed by atoms with Crippen LogP contribution < -0.4 is 0 Å². The number of benzene rings is 1. The van der Waals surface area contributed by atoms with Crippen LogP contribution in [0.3, 0.4) is 0 Å². The summed E-state index contributed by atoms with van der Waals surface area (Å²) in [6, 6.07) is 4.11. The molecule has 1 aliphatic heterocycles. The summed E-state index contributed by atoms with van der Waals surface area (Å²) in [7, 11) is 0. The van der Waals surface area contributed by atoms with Crippen LogP contribution in [0.4, 0.5) is 0 Å². The molecule has 0 bridgehead atoms. The van der Waals surface area contributed by atoms with Crippen LogP contribution in [0.15, 0.2) is 12.1 Å². The first-order valence-electron chi connectivity index (χ1n) is 11.2. The van der Waals surface area contributed by atoms with Crippen molar-refractivity contribution in [3.63, 3.8) is 0 Å². The van der Waals surface area contributed by atoms with Crippen LogP contribution in [-0.2, 0) is 26.8 Å². The van der Waals surface area contributed by atoms with Crippen molar-refractivity contribution in [3.05, 3.63) is 28.8 Å². The van der Waals surface area contributed by atoms with Gasteiger partial charge < -0.3 is 9.84 Å². The van der Waals surface area contributed by atoms with Crippen molar-refractivity contribution in [3.8, 4) is 5.75 Å². The molecular formula is C26H42O3S. The predicted octanol–water partition coefficient (Wildman–Crippen LogP) is 6.92. The summed E-state index contributed by atoms with van der Waals surface area (Å²) in [5, 5.41) is 10.9. The van der Waals surface area contributed by atoms with Gasteiger partial charge >= 0.3 is 5.97 Å². The first-order chi connectivity index (χ1) is 13.4. The predicted molar refractivity (Wildman–Crippen MR) is 129 cm³/mol. The van der Waals surface area contributed by atoms with Gasteiger partial charge in [0.05, 0.1) is 0 Å². The quantitative estimate of drug-likeness (QED) is 0.523. The van der Waals surface area contributed by atoms with E-state index in [2.05, 4.69) is 81.4 Å². The SMILES string of the molecule is CC1(C)CC(OC(=O)CCc2cc(C(C)(C)C)c(O)c(C(C)(C)C)c2)CC(C)(C)S1. The fraction of sp³-hybridized carbons (Fsp3) is 0.731. The molecule has 0 atom stereocenters. The maximum absolute atomic E-state index is 12.7. The molecule has 170 valence electrons. The van der Waals surface area contributed by atoms with Crippen LogP contribution in [0.25, 0.3) is 0 Å². The molecule has 3 nitrogen and oxygen atoms in total. The zero-order chi connectivity index (χ0) is 23.1. The number of ether oxygens (including phenoxy) is 1. The number of esters is 1. The Morgan fingerprint density at radius 1 is 1.00 bits per heavy atom.